The van der Waals surface area contributed by atoms with Gasteiger partial charge in [-0.2, -0.15) is 0 Å². The monoisotopic (exact) mass is 370 g/mol. The van der Waals surface area contributed by atoms with Gasteiger partial charge in [-0.3, -0.25) is 14.5 Å². The maximum absolute atomic E-state index is 12.4. The van der Waals surface area contributed by atoms with Gasteiger partial charge in [-0.05, 0) is 58.6 Å². The van der Waals surface area contributed by atoms with Crippen LogP contribution >= 0.6 is 0 Å². The first-order valence-electron chi connectivity index (χ1n) is 9.93. The highest BCUT2D eigenvalue weighted by molar-refractivity contribution is 5.89. The Morgan fingerprint density at radius 1 is 1.19 bits per heavy atom. The molecule has 1 aromatic carbocycles. The Bertz CT molecular complexity index is 664. The SMILES string of the molecule is C=CC(=O)CCCC(=O)NC1CCC(C)(C)N(Cc2ccccc2)C1(C)C. The summed E-state index contributed by atoms with van der Waals surface area (Å²) in [5.74, 6) is 0.0286. The van der Waals surface area contributed by atoms with Crippen molar-refractivity contribution in [2.45, 2.75) is 83.5 Å². The number of piperidine rings is 1. The topological polar surface area (TPSA) is 49.4 Å². The zero-order valence-corrected chi connectivity index (χ0v) is 17.3. The van der Waals surface area contributed by atoms with Crippen molar-refractivity contribution in [1.82, 2.24) is 10.2 Å². The molecule has 4 heteroatoms. The Hall–Kier alpha value is -1.94. The van der Waals surface area contributed by atoms with Crippen molar-refractivity contribution < 1.29 is 9.59 Å². The van der Waals surface area contributed by atoms with Crippen LogP contribution in [0.5, 0.6) is 0 Å². The van der Waals surface area contributed by atoms with Gasteiger partial charge in [0.1, 0.15) is 0 Å². The molecule has 0 saturated carbocycles. The lowest BCUT2D eigenvalue weighted by molar-refractivity contribution is -0.126. The van der Waals surface area contributed by atoms with Crippen LogP contribution in [0.2, 0.25) is 0 Å². The molecule has 2 rings (SSSR count). The Morgan fingerprint density at radius 2 is 1.85 bits per heavy atom. The van der Waals surface area contributed by atoms with Crippen molar-refractivity contribution in [3.05, 3.63) is 48.6 Å². The summed E-state index contributed by atoms with van der Waals surface area (Å²) in [6.45, 7) is 13.4. The van der Waals surface area contributed by atoms with Crippen molar-refractivity contribution in [2.24, 2.45) is 0 Å². The number of rotatable bonds is 8. The molecule has 1 aliphatic rings. The van der Waals surface area contributed by atoms with Crippen LogP contribution in [0, 0.1) is 0 Å². The quantitative estimate of drug-likeness (QED) is 0.696. The molecule has 0 spiro atoms. The molecule has 1 unspecified atom stereocenters. The number of carbonyl (C=O) groups is 2. The standard InChI is InChI=1S/C23H34N2O2/c1-6-19(26)13-10-14-21(27)24-20-15-16-22(2,3)25(23(20,4)5)17-18-11-8-7-9-12-18/h6-9,11-12,20H,1,10,13-17H2,2-5H3,(H,24,27). The molecule has 0 aromatic heterocycles. The third-order valence-corrected chi connectivity index (χ3v) is 5.90. The number of nitrogens with one attached hydrogen (secondary N) is 1. The lowest BCUT2D eigenvalue weighted by atomic mass is 9.76. The van der Waals surface area contributed by atoms with E-state index in [1.165, 1.54) is 11.6 Å². The maximum atomic E-state index is 12.4. The van der Waals surface area contributed by atoms with Gasteiger partial charge in [0.15, 0.2) is 5.78 Å². The molecule has 1 atom stereocenters. The van der Waals surface area contributed by atoms with E-state index in [0.717, 1.165) is 19.4 Å². The van der Waals surface area contributed by atoms with E-state index in [2.05, 4.69) is 68.8 Å². The highest BCUT2D eigenvalue weighted by Gasteiger charge is 2.47. The summed E-state index contributed by atoms with van der Waals surface area (Å²) < 4.78 is 0. The number of allylic oxidation sites excluding steroid dienone is 1. The first-order chi connectivity index (χ1) is 12.7. The summed E-state index contributed by atoms with van der Waals surface area (Å²) in [6, 6.07) is 10.6. The number of hydrogen-bond acceptors (Lipinski definition) is 3. The lowest BCUT2D eigenvalue weighted by Crippen LogP contribution is -2.67. The zero-order valence-electron chi connectivity index (χ0n) is 17.3. The van der Waals surface area contributed by atoms with Gasteiger partial charge in [-0.1, -0.05) is 36.9 Å². The zero-order chi connectivity index (χ0) is 20.1. The highest BCUT2D eigenvalue weighted by Crippen LogP contribution is 2.39. The molecule has 1 amide bonds. The van der Waals surface area contributed by atoms with Crippen molar-refractivity contribution >= 4 is 11.7 Å². The van der Waals surface area contributed by atoms with Gasteiger partial charge in [0.25, 0.3) is 0 Å². The highest BCUT2D eigenvalue weighted by atomic mass is 16.1. The fraction of sp³-hybridized carbons (Fsp3) is 0.565. The molecule has 4 nitrogen and oxygen atoms in total. The summed E-state index contributed by atoms with van der Waals surface area (Å²) in [5.41, 5.74) is 1.19. The number of carbonyl (C=O) groups excluding carboxylic acids is 2. The number of amides is 1. The van der Waals surface area contributed by atoms with Crippen molar-refractivity contribution in [2.75, 3.05) is 0 Å². The second-order valence-corrected chi connectivity index (χ2v) is 8.72. The predicted octanol–water partition coefficient (Wildman–Crippen LogP) is 4.25. The Balaban J connectivity index is 2.04. The van der Waals surface area contributed by atoms with E-state index in [4.69, 9.17) is 0 Å². The minimum Gasteiger partial charge on any atom is -0.352 e. The van der Waals surface area contributed by atoms with E-state index < -0.39 is 0 Å². The van der Waals surface area contributed by atoms with Gasteiger partial charge < -0.3 is 5.32 Å². The van der Waals surface area contributed by atoms with Crippen LogP contribution in [-0.4, -0.2) is 33.7 Å². The molecule has 148 valence electrons. The molecule has 1 aliphatic heterocycles. The lowest BCUT2D eigenvalue weighted by Gasteiger charge is -2.56. The van der Waals surface area contributed by atoms with E-state index in [0.29, 0.717) is 19.3 Å². The number of nitrogens with zero attached hydrogens (tertiary/aromatic N) is 1. The van der Waals surface area contributed by atoms with Crippen molar-refractivity contribution in [3.8, 4) is 0 Å². The van der Waals surface area contributed by atoms with Crippen LogP contribution in [0.4, 0.5) is 0 Å². The minimum absolute atomic E-state index is 0.00316. The third-order valence-electron chi connectivity index (χ3n) is 5.90. The largest absolute Gasteiger partial charge is 0.352 e. The molecule has 1 N–H and O–H groups in total. The van der Waals surface area contributed by atoms with Crippen LogP contribution in [-0.2, 0) is 16.1 Å². The van der Waals surface area contributed by atoms with Crippen LogP contribution in [0.15, 0.2) is 43.0 Å². The Morgan fingerprint density at radius 3 is 2.48 bits per heavy atom. The fourth-order valence-electron chi connectivity index (χ4n) is 4.18. The van der Waals surface area contributed by atoms with Crippen LogP contribution in [0.25, 0.3) is 0 Å². The smallest absolute Gasteiger partial charge is 0.220 e. The molecular formula is C23H34N2O2. The number of hydrogen-bond donors (Lipinski definition) is 1. The van der Waals surface area contributed by atoms with E-state index in [1.807, 2.05) is 6.07 Å². The maximum Gasteiger partial charge on any atom is 0.220 e. The minimum atomic E-state index is -0.163. The average molecular weight is 371 g/mol. The summed E-state index contributed by atoms with van der Waals surface area (Å²) >= 11 is 0. The average Bonchev–Trinajstić information content (AvgIpc) is 2.62. The molecule has 0 radical (unpaired) electrons. The van der Waals surface area contributed by atoms with E-state index in [-0.39, 0.29) is 28.8 Å². The van der Waals surface area contributed by atoms with Gasteiger partial charge in [0.05, 0.1) is 0 Å². The molecular weight excluding hydrogens is 336 g/mol. The molecule has 0 aliphatic carbocycles. The van der Waals surface area contributed by atoms with Crippen molar-refractivity contribution in [1.29, 1.82) is 0 Å². The first-order valence-corrected chi connectivity index (χ1v) is 9.93. The Labute approximate surface area is 164 Å². The normalized spacial score (nSPS) is 21.4. The summed E-state index contributed by atoms with van der Waals surface area (Å²) in [5, 5.41) is 3.24. The van der Waals surface area contributed by atoms with Gasteiger partial charge in [-0.25, -0.2) is 0 Å². The van der Waals surface area contributed by atoms with Crippen molar-refractivity contribution in [3.63, 3.8) is 0 Å². The van der Waals surface area contributed by atoms with Crippen LogP contribution < -0.4 is 5.32 Å². The molecule has 1 aromatic rings. The molecule has 1 saturated heterocycles. The van der Waals surface area contributed by atoms with Crippen LogP contribution in [0.1, 0.15) is 65.4 Å². The fourth-order valence-corrected chi connectivity index (χ4v) is 4.18. The van der Waals surface area contributed by atoms with Gasteiger partial charge in [-0.15, -0.1) is 0 Å². The summed E-state index contributed by atoms with van der Waals surface area (Å²) in [6.07, 6.45) is 4.66. The predicted molar refractivity (Wildman–Crippen MR) is 110 cm³/mol. The second kappa shape index (κ2) is 8.83. The Kier molecular flexibility index (Phi) is 6.99. The third kappa shape index (κ3) is 5.52. The van der Waals surface area contributed by atoms with E-state index >= 15 is 0 Å². The number of benzene rings is 1. The summed E-state index contributed by atoms with van der Waals surface area (Å²) in [7, 11) is 0. The molecule has 1 fully saturated rings. The first kappa shape index (κ1) is 21.4. The summed E-state index contributed by atoms with van der Waals surface area (Å²) in [4.78, 5) is 26.3. The van der Waals surface area contributed by atoms with Gasteiger partial charge in [0, 0.05) is 36.5 Å². The number of ketones is 1. The molecule has 1 heterocycles. The molecule has 27 heavy (non-hydrogen) atoms. The molecule has 0 bridgehead atoms. The van der Waals surface area contributed by atoms with Crippen LogP contribution in [0.3, 0.4) is 0 Å². The van der Waals surface area contributed by atoms with Gasteiger partial charge >= 0.3 is 0 Å². The second-order valence-electron chi connectivity index (χ2n) is 8.72. The number of likely N-dealkylation sites (tertiary alicyclic amines) is 1. The van der Waals surface area contributed by atoms with E-state index in [1.54, 1.807) is 0 Å². The van der Waals surface area contributed by atoms with E-state index in [9.17, 15) is 9.59 Å². The van der Waals surface area contributed by atoms with Gasteiger partial charge in [0.2, 0.25) is 5.91 Å².